The first-order valence-corrected chi connectivity index (χ1v) is 7.51. The minimum absolute atomic E-state index is 0.0277. The fourth-order valence-corrected chi connectivity index (χ4v) is 2.71. The van der Waals surface area contributed by atoms with E-state index in [2.05, 4.69) is 55.9 Å². The second-order valence-corrected chi connectivity index (χ2v) is 6.80. The summed E-state index contributed by atoms with van der Waals surface area (Å²) in [6.07, 6.45) is 3.55. The SMILES string of the molecule is Cc1cc(C(C)(C)C)ccc1-c1cc(=O)c2c[nH+]ccc2[nH]1. The monoisotopic (exact) mass is 293 g/mol. The van der Waals surface area contributed by atoms with E-state index in [9.17, 15) is 4.79 Å². The highest BCUT2D eigenvalue weighted by Gasteiger charge is 2.15. The first-order chi connectivity index (χ1) is 10.4. The highest BCUT2D eigenvalue weighted by molar-refractivity contribution is 5.80. The first kappa shape index (κ1) is 14.5. The summed E-state index contributed by atoms with van der Waals surface area (Å²) in [5, 5.41) is 0.676. The summed E-state index contributed by atoms with van der Waals surface area (Å²) in [5.41, 5.74) is 5.40. The number of aromatic amines is 2. The molecule has 22 heavy (non-hydrogen) atoms. The topological polar surface area (TPSA) is 47.0 Å². The Kier molecular flexibility index (Phi) is 3.36. The van der Waals surface area contributed by atoms with Gasteiger partial charge in [0.1, 0.15) is 5.39 Å². The predicted octanol–water partition coefficient (Wildman–Crippen LogP) is 3.62. The van der Waals surface area contributed by atoms with E-state index in [4.69, 9.17) is 0 Å². The number of pyridine rings is 2. The van der Waals surface area contributed by atoms with E-state index >= 15 is 0 Å². The van der Waals surface area contributed by atoms with Crippen molar-refractivity contribution in [3.63, 3.8) is 0 Å². The van der Waals surface area contributed by atoms with Crippen molar-refractivity contribution in [2.75, 3.05) is 0 Å². The zero-order valence-corrected chi connectivity index (χ0v) is 13.4. The van der Waals surface area contributed by atoms with Crippen LogP contribution in [0.1, 0.15) is 31.9 Å². The highest BCUT2D eigenvalue weighted by atomic mass is 16.1. The average molecular weight is 293 g/mol. The Morgan fingerprint density at radius 3 is 2.55 bits per heavy atom. The molecule has 0 atom stereocenters. The standard InChI is InChI=1S/C19H20N2O/c1-12-9-13(19(2,3)4)5-6-14(12)17-10-18(22)15-11-20-8-7-16(15)21-17/h5-11H,1-4H3,(H,21,22)/p+1. The number of rotatable bonds is 1. The van der Waals surface area contributed by atoms with Gasteiger partial charge in [-0.05, 0) is 23.5 Å². The van der Waals surface area contributed by atoms with Crippen molar-refractivity contribution in [3.8, 4) is 11.3 Å². The summed E-state index contributed by atoms with van der Waals surface area (Å²) < 4.78 is 0. The van der Waals surface area contributed by atoms with Crippen molar-refractivity contribution < 1.29 is 4.98 Å². The van der Waals surface area contributed by atoms with Gasteiger partial charge in [0.25, 0.3) is 0 Å². The molecule has 0 aliphatic carbocycles. The van der Waals surface area contributed by atoms with E-state index < -0.39 is 0 Å². The van der Waals surface area contributed by atoms with Gasteiger partial charge >= 0.3 is 0 Å². The largest absolute Gasteiger partial charge is 0.354 e. The fraction of sp³-hybridized carbons (Fsp3) is 0.263. The van der Waals surface area contributed by atoms with Gasteiger partial charge in [0.15, 0.2) is 17.8 Å². The van der Waals surface area contributed by atoms with Gasteiger partial charge in [0.05, 0.1) is 5.52 Å². The normalized spacial score (nSPS) is 11.8. The zero-order valence-electron chi connectivity index (χ0n) is 13.4. The van der Waals surface area contributed by atoms with E-state index in [0.29, 0.717) is 5.39 Å². The molecule has 3 aromatic rings. The molecule has 3 nitrogen and oxygen atoms in total. The van der Waals surface area contributed by atoms with Crippen LogP contribution in [0, 0.1) is 6.92 Å². The summed E-state index contributed by atoms with van der Waals surface area (Å²) in [4.78, 5) is 18.6. The van der Waals surface area contributed by atoms with Crippen molar-refractivity contribution in [1.82, 2.24) is 4.98 Å². The van der Waals surface area contributed by atoms with Gasteiger partial charge in [0.2, 0.25) is 0 Å². The van der Waals surface area contributed by atoms with Gasteiger partial charge in [0, 0.05) is 23.4 Å². The molecule has 3 heteroatoms. The third-order valence-corrected chi connectivity index (χ3v) is 4.06. The lowest BCUT2D eigenvalue weighted by Gasteiger charge is -2.20. The van der Waals surface area contributed by atoms with E-state index in [1.165, 1.54) is 11.1 Å². The molecule has 0 aliphatic heterocycles. The molecule has 1 aromatic carbocycles. The van der Waals surface area contributed by atoms with Gasteiger partial charge in [-0.1, -0.05) is 39.0 Å². The molecule has 0 saturated heterocycles. The summed E-state index contributed by atoms with van der Waals surface area (Å²) in [7, 11) is 0. The second-order valence-electron chi connectivity index (χ2n) is 6.80. The summed E-state index contributed by atoms with van der Waals surface area (Å²) >= 11 is 0. The lowest BCUT2D eigenvalue weighted by atomic mass is 9.85. The minimum atomic E-state index is 0.0277. The van der Waals surface area contributed by atoms with Crippen LogP contribution in [-0.2, 0) is 5.41 Å². The number of nitrogens with one attached hydrogen (secondary N) is 2. The molecule has 2 heterocycles. The van der Waals surface area contributed by atoms with Gasteiger partial charge in [-0.3, -0.25) is 4.79 Å². The Bertz CT molecular complexity index is 901. The molecule has 0 unspecified atom stereocenters. The Morgan fingerprint density at radius 2 is 1.86 bits per heavy atom. The number of fused-ring (bicyclic) bond motifs is 1. The van der Waals surface area contributed by atoms with Crippen LogP contribution in [-0.4, -0.2) is 4.98 Å². The maximum absolute atomic E-state index is 12.3. The smallest absolute Gasteiger partial charge is 0.196 e. The van der Waals surface area contributed by atoms with E-state index in [0.717, 1.165) is 16.8 Å². The summed E-state index contributed by atoms with van der Waals surface area (Å²) in [6, 6.07) is 10.0. The third-order valence-electron chi connectivity index (χ3n) is 4.06. The Morgan fingerprint density at radius 1 is 1.09 bits per heavy atom. The molecule has 0 fully saturated rings. The van der Waals surface area contributed by atoms with Gasteiger partial charge < -0.3 is 4.98 Å². The molecular weight excluding hydrogens is 272 g/mol. The van der Waals surface area contributed by atoms with Crippen molar-refractivity contribution >= 4 is 10.9 Å². The van der Waals surface area contributed by atoms with Gasteiger partial charge in [-0.2, -0.15) is 0 Å². The molecule has 112 valence electrons. The number of aromatic nitrogens is 2. The van der Waals surface area contributed by atoms with Crippen LogP contribution >= 0.6 is 0 Å². The van der Waals surface area contributed by atoms with Crippen LogP contribution in [0.2, 0.25) is 0 Å². The van der Waals surface area contributed by atoms with E-state index in [1.807, 2.05) is 12.3 Å². The van der Waals surface area contributed by atoms with Crippen molar-refractivity contribution in [1.29, 1.82) is 0 Å². The quantitative estimate of drug-likeness (QED) is 0.732. The zero-order chi connectivity index (χ0) is 15.9. The van der Waals surface area contributed by atoms with Crippen LogP contribution in [0.25, 0.3) is 22.2 Å². The van der Waals surface area contributed by atoms with Crippen LogP contribution < -0.4 is 10.4 Å². The molecular formula is C19H21N2O+. The molecule has 0 radical (unpaired) electrons. The lowest BCUT2D eigenvalue weighted by molar-refractivity contribution is -0.375. The van der Waals surface area contributed by atoms with E-state index in [-0.39, 0.29) is 10.8 Å². The van der Waals surface area contributed by atoms with Gasteiger partial charge in [-0.15, -0.1) is 0 Å². The van der Waals surface area contributed by atoms with Crippen LogP contribution in [0.4, 0.5) is 0 Å². The Labute approximate surface area is 130 Å². The Hall–Kier alpha value is -2.42. The summed E-state index contributed by atoms with van der Waals surface area (Å²) in [5.74, 6) is 0. The molecule has 0 spiro atoms. The van der Waals surface area contributed by atoms with E-state index in [1.54, 1.807) is 12.3 Å². The van der Waals surface area contributed by atoms with Crippen molar-refractivity contribution in [3.05, 3.63) is 64.1 Å². The van der Waals surface area contributed by atoms with Gasteiger partial charge in [-0.25, -0.2) is 4.98 Å². The first-order valence-electron chi connectivity index (χ1n) is 7.51. The van der Waals surface area contributed by atoms with Crippen LogP contribution in [0.5, 0.6) is 0 Å². The highest BCUT2D eigenvalue weighted by Crippen LogP contribution is 2.28. The molecule has 2 N–H and O–H groups in total. The second kappa shape index (κ2) is 5.09. The van der Waals surface area contributed by atoms with Crippen LogP contribution in [0.3, 0.4) is 0 Å². The van der Waals surface area contributed by atoms with Crippen molar-refractivity contribution in [2.45, 2.75) is 33.1 Å². The number of H-pyrrole nitrogens is 2. The molecule has 3 rings (SSSR count). The molecule has 2 aromatic heterocycles. The predicted molar refractivity (Wildman–Crippen MR) is 90.0 cm³/mol. The lowest BCUT2D eigenvalue weighted by Crippen LogP contribution is -2.11. The number of benzene rings is 1. The van der Waals surface area contributed by atoms with Crippen molar-refractivity contribution in [2.24, 2.45) is 0 Å². The number of aryl methyl sites for hydroxylation is 1. The van der Waals surface area contributed by atoms with Crippen LogP contribution in [0.15, 0.2) is 47.5 Å². The maximum Gasteiger partial charge on any atom is 0.196 e. The minimum Gasteiger partial charge on any atom is -0.354 e. The molecule has 0 bridgehead atoms. The fourth-order valence-electron chi connectivity index (χ4n) is 2.71. The third kappa shape index (κ3) is 2.54. The maximum atomic E-state index is 12.3. The molecule has 0 saturated carbocycles. The molecule has 0 amide bonds. The summed E-state index contributed by atoms with van der Waals surface area (Å²) in [6.45, 7) is 8.70. The number of hydrogen-bond acceptors (Lipinski definition) is 1. The average Bonchev–Trinajstić information content (AvgIpc) is 2.46. The molecule has 0 aliphatic rings. The Balaban J connectivity index is 2.18. The number of hydrogen-bond donors (Lipinski definition) is 1.